The van der Waals surface area contributed by atoms with E-state index in [0.717, 1.165) is 64.2 Å². The van der Waals surface area contributed by atoms with E-state index in [1.165, 1.54) is 5.57 Å². The summed E-state index contributed by atoms with van der Waals surface area (Å²) < 4.78 is 0. The van der Waals surface area contributed by atoms with Crippen LogP contribution in [0.25, 0.3) is 0 Å². The third kappa shape index (κ3) is 6.59. The van der Waals surface area contributed by atoms with Crippen LogP contribution in [0.3, 0.4) is 0 Å². The zero-order valence-electron chi connectivity index (χ0n) is 15.3. The van der Waals surface area contributed by atoms with Crippen LogP contribution in [-0.2, 0) is 4.79 Å². The largest absolute Gasteiger partial charge is 0.481 e. The first-order valence-corrected chi connectivity index (χ1v) is 9.98. The summed E-state index contributed by atoms with van der Waals surface area (Å²) in [6.07, 6.45) is 16.8. The van der Waals surface area contributed by atoms with Crippen molar-refractivity contribution in [1.82, 2.24) is 0 Å². The van der Waals surface area contributed by atoms with E-state index in [1.54, 1.807) is 0 Å². The molecule has 0 aliphatic heterocycles. The van der Waals surface area contributed by atoms with E-state index >= 15 is 0 Å². The van der Waals surface area contributed by atoms with Crippen molar-refractivity contribution < 1.29 is 20.1 Å². The first-order chi connectivity index (χ1) is 12.1. The van der Waals surface area contributed by atoms with Gasteiger partial charge in [0.05, 0.1) is 6.10 Å². The zero-order valence-corrected chi connectivity index (χ0v) is 15.3. The van der Waals surface area contributed by atoms with Gasteiger partial charge in [-0.1, -0.05) is 36.6 Å². The Hall–Kier alpha value is -1.13. The Morgan fingerprint density at radius 2 is 2.00 bits per heavy atom. The fourth-order valence-corrected chi connectivity index (χ4v) is 4.44. The van der Waals surface area contributed by atoms with Gasteiger partial charge in [-0.2, -0.15) is 0 Å². The van der Waals surface area contributed by atoms with Gasteiger partial charge in [0, 0.05) is 18.9 Å². The van der Waals surface area contributed by atoms with E-state index in [9.17, 15) is 9.90 Å². The number of aliphatic carboxylic acids is 1. The minimum absolute atomic E-state index is 0.241. The highest BCUT2D eigenvalue weighted by molar-refractivity contribution is 5.66. The second-order valence-corrected chi connectivity index (χ2v) is 7.67. The summed E-state index contributed by atoms with van der Waals surface area (Å²) >= 11 is 0. The van der Waals surface area contributed by atoms with E-state index in [4.69, 9.17) is 10.2 Å². The molecule has 0 bridgehead atoms. The molecule has 0 heterocycles. The maximum absolute atomic E-state index is 10.6. The number of unbranched alkanes of at least 4 members (excludes halogenated alkanes) is 4. The highest BCUT2D eigenvalue weighted by Crippen LogP contribution is 2.46. The number of aliphatic hydroxyl groups excluding tert-OH is 2. The molecule has 1 saturated carbocycles. The van der Waals surface area contributed by atoms with Gasteiger partial charge in [0.15, 0.2) is 0 Å². The molecule has 25 heavy (non-hydrogen) atoms. The topological polar surface area (TPSA) is 77.8 Å². The van der Waals surface area contributed by atoms with Crippen LogP contribution >= 0.6 is 0 Å². The molecular weight excluding hydrogens is 316 g/mol. The molecule has 0 aromatic heterocycles. The molecule has 2 aliphatic rings. The van der Waals surface area contributed by atoms with Crippen LogP contribution in [0.15, 0.2) is 23.8 Å². The first-order valence-electron chi connectivity index (χ1n) is 9.98. The number of carboxylic acids is 1. The van der Waals surface area contributed by atoms with Crippen LogP contribution < -0.4 is 0 Å². The molecule has 0 radical (unpaired) electrons. The van der Waals surface area contributed by atoms with Gasteiger partial charge in [-0.05, 0) is 63.2 Å². The normalized spacial score (nSPS) is 29.0. The molecule has 4 nitrogen and oxygen atoms in total. The summed E-state index contributed by atoms with van der Waals surface area (Å²) in [6.45, 7) is 0.291. The van der Waals surface area contributed by atoms with E-state index in [1.807, 2.05) is 0 Å². The third-order valence-electron chi connectivity index (χ3n) is 5.78. The lowest BCUT2D eigenvalue weighted by atomic mass is 9.78. The number of allylic oxidation sites excluding steroid dienone is 3. The Kier molecular flexibility index (Phi) is 8.70. The SMILES string of the molecule is O=C(O)CCCC1=C[C@@H]2C[C@@H](O)[C@@H](C=CCCCCCCO)[C@H]2CC1. The second kappa shape index (κ2) is 10.8. The molecule has 0 aromatic rings. The van der Waals surface area contributed by atoms with Crippen molar-refractivity contribution in [2.75, 3.05) is 6.61 Å². The number of aliphatic hydroxyl groups is 2. The molecule has 2 aliphatic carbocycles. The van der Waals surface area contributed by atoms with Crippen LogP contribution in [-0.4, -0.2) is 34.0 Å². The van der Waals surface area contributed by atoms with Crippen molar-refractivity contribution in [1.29, 1.82) is 0 Å². The van der Waals surface area contributed by atoms with Gasteiger partial charge in [-0.15, -0.1) is 0 Å². The minimum atomic E-state index is -0.716. The van der Waals surface area contributed by atoms with E-state index in [-0.39, 0.29) is 18.4 Å². The summed E-state index contributed by atoms with van der Waals surface area (Å²) in [5.74, 6) is 0.568. The van der Waals surface area contributed by atoms with Gasteiger partial charge in [-0.3, -0.25) is 4.79 Å². The van der Waals surface area contributed by atoms with E-state index in [0.29, 0.717) is 18.4 Å². The number of hydrogen-bond acceptors (Lipinski definition) is 3. The number of fused-ring (bicyclic) bond motifs is 1. The molecule has 0 amide bonds. The molecule has 3 N–H and O–H groups in total. The number of hydrogen-bond donors (Lipinski definition) is 3. The molecule has 2 rings (SSSR count). The van der Waals surface area contributed by atoms with Gasteiger partial charge in [0.25, 0.3) is 0 Å². The number of carbonyl (C=O) groups is 1. The Labute approximate surface area is 151 Å². The lowest BCUT2D eigenvalue weighted by Gasteiger charge is -2.27. The maximum Gasteiger partial charge on any atom is 0.303 e. The molecule has 0 aromatic carbocycles. The fraction of sp³-hybridized carbons (Fsp3) is 0.762. The van der Waals surface area contributed by atoms with Crippen molar-refractivity contribution in [3.05, 3.63) is 23.8 Å². The van der Waals surface area contributed by atoms with Crippen molar-refractivity contribution in [2.24, 2.45) is 17.8 Å². The highest BCUT2D eigenvalue weighted by Gasteiger charge is 2.41. The Morgan fingerprint density at radius 3 is 2.76 bits per heavy atom. The zero-order chi connectivity index (χ0) is 18.1. The van der Waals surface area contributed by atoms with E-state index < -0.39 is 5.97 Å². The lowest BCUT2D eigenvalue weighted by Crippen LogP contribution is -2.20. The Morgan fingerprint density at radius 1 is 1.20 bits per heavy atom. The predicted octanol–water partition coefficient (Wildman–Crippen LogP) is 4.07. The molecular formula is C21H34O4. The van der Waals surface area contributed by atoms with Crippen molar-refractivity contribution in [2.45, 2.75) is 76.7 Å². The third-order valence-corrected chi connectivity index (χ3v) is 5.78. The minimum Gasteiger partial charge on any atom is -0.481 e. The molecule has 0 spiro atoms. The number of carboxylic acid groups (broad SMARTS) is 1. The Bertz CT molecular complexity index is 469. The summed E-state index contributed by atoms with van der Waals surface area (Å²) in [5, 5.41) is 28.0. The van der Waals surface area contributed by atoms with Crippen LogP contribution in [0.1, 0.15) is 70.6 Å². The Balaban J connectivity index is 1.76. The monoisotopic (exact) mass is 350 g/mol. The van der Waals surface area contributed by atoms with Gasteiger partial charge >= 0.3 is 5.97 Å². The first kappa shape index (κ1) is 20.2. The van der Waals surface area contributed by atoms with E-state index in [2.05, 4.69) is 18.2 Å². The smallest absolute Gasteiger partial charge is 0.303 e. The van der Waals surface area contributed by atoms with Crippen LogP contribution in [0, 0.1) is 17.8 Å². The summed E-state index contributed by atoms with van der Waals surface area (Å²) in [5.41, 5.74) is 1.39. The van der Waals surface area contributed by atoms with Crippen LogP contribution in [0.5, 0.6) is 0 Å². The average Bonchev–Trinajstić information content (AvgIpc) is 2.88. The van der Waals surface area contributed by atoms with Gasteiger partial charge in [-0.25, -0.2) is 0 Å². The van der Waals surface area contributed by atoms with Gasteiger partial charge < -0.3 is 15.3 Å². The molecule has 0 saturated heterocycles. The standard InChI is InChI=1S/C21H34O4/c22-13-6-4-2-1-3-5-9-19-18-12-11-16(8-7-10-21(24)25)14-17(18)15-20(19)23/h5,9,14,17-20,22-23H,1-4,6-8,10-13,15H2,(H,24,25)/t17-,18+,19+,20-/m1/s1. The van der Waals surface area contributed by atoms with Crippen molar-refractivity contribution >= 4 is 5.97 Å². The summed E-state index contributed by atoms with van der Waals surface area (Å²) in [4.78, 5) is 10.6. The highest BCUT2D eigenvalue weighted by atomic mass is 16.4. The van der Waals surface area contributed by atoms with Crippen LogP contribution in [0.4, 0.5) is 0 Å². The lowest BCUT2D eigenvalue weighted by molar-refractivity contribution is -0.137. The summed E-state index contributed by atoms with van der Waals surface area (Å²) in [6, 6.07) is 0. The average molecular weight is 350 g/mol. The fourth-order valence-electron chi connectivity index (χ4n) is 4.44. The summed E-state index contributed by atoms with van der Waals surface area (Å²) in [7, 11) is 0. The molecule has 4 atom stereocenters. The molecule has 0 unspecified atom stereocenters. The van der Waals surface area contributed by atoms with Gasteiger partial charge in [0.2, 0.25) is 0 Å². The molecule has 1 fully saturated rings. The quantitative estimate of drug-likeness (QED) is 0.388. The molecule has 4 heteroatoms. The van der Waals surface area contributed by atoms with Crippen LogP contribution in [0.2, 0.25) is 0 Å². The van der Waals surface area contributed by atoms with Crippen molar-refractivity contribution in [3.8, 4) is 0 Å². The number of rotatable bonds is 11. The predicted molar refractivity (Wildman–Crippen MR) is 99.2 cm³/mol. The second-order valence-electron chi connectivity index (χ2n) is 7.67. The maximum atomic E-state index is 10.6. The van der Waals surface area contributed by atoms with Gasteiger partial charge in [0.1, 0.15) is 0 Å². The molecule has 142 valence electrons. The van der Waals surface area contributed by atoms with Crippen molar-refractivity contribution in [3.63, 3.8) is 0 Å².